The molecule has 3 aromatic rings. The number of hydrogen-bond acceptors (Lipinski definition) is 11. The summed E-state index contributed by atoms with van der Waals surface area (Å²) in [5.74, 6) is -7.48. The zero-order valence-electron chi connectivity index (χ0n) is 38.3. The number of aliphatic carboxylic acids is 2. The van der Waals surface area contributed by atoms with Crippen LogP contribution in [-0.4, -0.2) is 142 Å². The van der Waals surface area contributed by atoms with Crippen molar-refractivity contribution in [1.29, 1.82) is 0 Å². The van der Waals surface area contributed by atoms with E-state index in [0.29, 0.717) is 30.8 Å². The first-order valence-corrected chi connectivity index (χ1v) is 22.7. The lowest BCUT2D eigenvalue weighted by Gasteiger charge is -2.41. The highest BCUT2D eigenvalue weighted by Crippen LogP contribution is 2.41. The molecule has 2 heterocycles. The van der Waals surface area contributed by atoms with Crippen LogP contribution >= 0.6 is 11.8 Å². The summed E-state index contributed by atoms with van der Waals surface area (Å²) in [4.78, 5) is 85.6. The second-order valence-electron chi connectivity index (χ2n) is 16.4. The highest BCUT2D eigenvalue weighted by molar-refractivity contribution is 8.00. The van der Waals surface area contributed by atoms with E-state index in [4.69, 9.17) is 25.1 Å². The van der Waals surface area contributed by atoms with Crippen LogP contribution in [0.15, 0.2) is 72.9 Å². The highest BCUT2D eigenvalue weighted by atomic mass is 32.2. The minimum atomic E-state index is -5.08. The number of carboxylic acids is 2. The van der Waals surface area contributed by atoms with E-state index in [0.717, 1.165) is 52.6 Å². The molecule has 2 aromatic carbocycles. The zero-order valence-corrected chi connectivity index (χ0v) is 39.1. The maximum Gasteiger partial charge on any atom is 0.490 e. The van der Waals surface area contributed by atoms with Gasteiger partial charge in [-0.15, -0.1) is 11.8 Å². The summed E-state index contributed by atoms with van der Waals surface area (Å²) in [6.07, 6.45) is -0.697. The fraction of sp³-hybridized carbons (Fsp3) is 0.457. The van der Waals surface area contributed by atoms with Crippen molar-refractivity contribution < 1.29 is 75.2 Å². The zero-order chi connectivity index (χ0) is 51.3. The molecule has 0 bridgehead atoms. The number of carboxylic acid groups (broad SMARTS) is 2. The molecule has 2 atom stereocenters. The van der Waals surface area contributed by atoms with Crippen LogP contribution in [-0.2, 0) is 49.6 Å². The molecule has 2 unspecified atom stereocenters. The van der Waals surface area contributed by atoms with Crippen molar-refractivity contribution in [1.82, 2.24) is 25.0 Å². The number of halogens is 5. The Kier molecular flexibility index (Phi) is 23.0. The number of alkyl halides is 3. The van der Waals surface area contributed by atoms with Gasteiger partial charge in [0, 0.05) is 79.9 Å². The lowest BCUT2D eigenvalue weighted by Crippen LogP contribution is -2.45. The van der Waals surface area contributed by atoms with Gasteiger partial charge in [0.15, 0.2) is 0 Å². The third kappa shape index (κ3) is 19.4. The van der Waals surface area contributed by atoms with Crippen LogP contribution in [0.2, 0.25) is 0 Å². The molecule has 0 spiro atoms. The molecule has 0 aliphatic carbocycles. The third-order valence-corrected chi connectivity index (χ3v) is 11.0. The Hall–Kier alpha value is -6.17. The molecule has 5 amide bonds. The summed E-state index contributed by atoms with van der Waals surface area (Å²) >= 11 is 1.07. The van der Waals surface area contributed by atoms with Gasteiger partial charge in [0.2, 0.25) is 17.7 Å². The number of nitrogens with zero attached hydrogens (tertiary/aromatic N) is 3. The SMILES string of the molecule is CC(C)(C)C(c1cc(-c2cc(F)ccc2F)cn1Cc1ccccc1)N(CCCN)C(=O)CSCC(NC(=O)CCOCCOCCNC(=O)CCN1C(=O)C=CC1=O)C(=O)O.O=C(O)C(F)(F)F. The van der Waals surface area contributed by atoms with Crippen molar-refractivity contribution in [3.63, 3.8) is 0 Å². The normalized spacial score (nSPS) is 13.4. The number of benzene rings is 2. The minimum absolute atomic E-state index is 0.00342. The molecule has 0 saturated heterocycles. The third-order valence-electron chi connectivity index (χ3n) is 9.96. The molecule has 1 aromatic heterocycles. The van der Waals surface area contributed by atoms with Crippen LogP contribution in [0.3, 0.4) is 0 Å². The number of aromatic nitrogens is 1. The monoisotopic (exact) mass is 996 g/mol. The molecule has 0 saturated carbocycles. The van der Waals surface area contributed by atoms with Crippen molar-refractivity contribution in [2.75, 3.05) is 64.1 Å². The van der Waals surface area contributed by atoms with Crippen LogP contribution in [0, 0.1) is 17.0 Å². The van der Waals surface area contributed by atoms with Gasteiger partial charge in [0.1, 0.15) is 17.7 Å². The summed E-state index contributed by atoms with van der Waals surface area (Å²) in [5.41, 5.74) is 7.55. The maximum absolute atomic E-state index is 15.1. The Balaban J connectivity index is 0.00000167. The van der Waals surface area contributed by atoms with E-state index in [1.807, 2.05) is 55.7 Å². The second-order valence-corrected chi connectivity index (χ2v) is 17.4. The molecule has 0 fully saturated rings. The van der Waals surface area contributed by atoms with E-state index in [1.54, 1.807) is 17.2 Å². The number of thioether (sulfide) groups is 1. The molecular formula is C46H57F5N6O11S. The number of imide groups is 1. The Bertz CT molecular complexity index is 2240. The van der Waals surface area contributed by atoms with Gasteiger partial charge in [0.25, 0.3) is 11.8 Å². The Morgan fingerprint density at radius 1 is 0.870 bits per heavy atom. The van der Waals surface area contributed by atoms with E-state index in [1.165, 1.54) is 0 Å². The van der Waals surface area contributed by atoms with Gasteiger partial charge < -0.3 is 45.5 Å². The summed E-state index contributed by atoms with van der Waals surface area (Å²) in [6, 6.07) is 12.8. The van der Waals surface area contributed by atoms with Gasteiger partial charge >= 0.3 is 18.1 Å². The van der Waals surface area contributed by atoms with Crippen molar-refractivity contribution in [3.8, 4) is 11.1 Å². The molecule has 69 heavy (non-hydrogen) atoms. The van der Waals surface area contributed by atoms with Gasteiger partial charge in [-0.2, -0.15) is 13.2 Å². The molecular weight excluding hydrogens is 940 g/mol. The molecule has 17 nitrogen and oxygen atoms in total. The lowest BCUT2D eigenvalue weighted by molar-refractivity contribution is -0.192. The van der Waals surface area contributed by atoms with E-state index >= 15 is 4.39 Å². The number of ether oxygens (including phenoxy) is 2. The first-order valence-electron chi connectivity index (χ1n) is 21.6. The van der Waals surface area contributed by atoms with Gasteiger partial charge in [-0.05, 0) is 48.2 Å². The van der Waals surface area contributed by atoms with Gasteiger partial charge in [-0.1, -0.05) is 51.1 Å². The molecule has 23 heteroatoms. The van der Waals surface area contributed by atoms with E-state index < -0.39 is 65.0 Å². The number of hydrogen-bond donors (Lipinski definition) is 5. The summed E-state index contributed by atoms with van der Waals surface area (Å²) in [5, 5.41) is 22.1. The lowest BCUT2D eigenvalue weighted by atomic mass is 9.83. The molecule has 378 valence electrons. The van der Waals surface area contributed by atoms with Crippen molar-refractivity contribution in [2.45, 2.75) is 64.8 Å². The van der Waals surface area contributed by atoms with Crippen molar-refractivity contribution in [2.24, 2.45) is 11.1 Å². The predicted octanol–water partition coefficient (Wildman–Crippen LogP) is 4.54. The van der Waals surface area contributed by atoms with Gasteiger partial charge in [-0.3, -0.25) is 28.9 Å². The fourth-order valence-corrected chi connectivity index (χ4v) is 7.68. The van der Waals surface area contributed by atoms with Crippen LogP contribution < -0.4 is 16.4 Å². The van der Waals surface area contributed by atoms with E-state index in [2.05, 4.69) is 10.6 Å². The van der Waals surface area contributed by atoms with E-state index in [9.17, 15) is 51.4 Å². The smallest absolute Gasteiger partial charge is 0.480 e. The van der Waals surface area contributed by atoms with Crippen LogP contribution in [0.4, 0.5) is 22.0 Å². The number of carbonyl (C=O) groups is 7. The maximum atomic E-state index is 15.1. The Morgan fingerprint density at radius 3 is 2.10 bits per heavy atom. The highest BCUT2D eigenvalue weighted by Gasteiger charge is 2.39. The summed E-state index contributed by atoms with van der Waals surface area (Å²) in [6.45, 7) is 7.61. The average molecular weight is 997 g/mol. The topological polar surface area (TPSA) is 240 Å². The van der Waals surface area contributed by atoms with Gasteiger partial charge in [0.05, 0.1) is 38.2 Å². The Morgan fingerprint density at radius 2 is 1.51 bits per heavy atom. The number of carbonyl (C=O) groups excluding carboxylic acids is 5. The fourth-order valence-electron chi connectivity index (χ4n) is 6.76. The number of nitrogens with one attached hydrogen (secondary N) is 2. The number of rotatable bonds is 26. The van der Waals surface area contributed by atoms with Gasteiger partial charge in [-0.25, -0.2) is 18.4 Å². The van der Waals surface area contributed by atoms with Crippen LogP contribution in [0.5, 0.6) is 0 Å². The summed E-state index contributed by atoms with van der Waals surface area (Å²) < 4.78 is 74.0. The molecule has 1 aliphatic rings. The molecule has 6 N–H and O–H groups in total. The largest absolute Gasteiger partial charge is 0.490 e. The van der Waals surface area contributed by atoms with Crippen molar-refractivity contribution in [3.05, 3.63) is 95.8 Å². The predicted molar refractivity (Wildman–Crippen MR) is 243 cm³/mol. The summed E-state index contributed by atoms with van der Waals surface area (Å²) in [7, 11) is 0. The quantitative estimate of drug-likeness (QED) is 0.0423. The number of nitrogens with two attached hydrogens (primary N) is 1. The van der Waals surface area contributed by atoms with Crippen molar-refractivity contribution >= 4 is 53.2 Å². The molecule has 0 radical (unpaired) electrons. The van der Waals surface area contributed by atoms with Crippen LogP contribution in [0.25, 0.3) is 11.1 Å². The molecule has 1 aliphatic heterocycles. The van der Waals surface area contributed by atoms with E-state index in [-0.39, 0.29) is 87.8 Å². The Labute approximate surface area is 399 Å². The first kappa shape index (κ1) is 57.1. The van der Waals surface area contributed by atoms with Crippen LogP contribution in [0.1, 0.15) is 57.3 Å². The first-order chi connectivity index (χ1) is 32.5. The second kappa shape index (κ2) is 27.7. The molecule has 4 rings (SSSR count). The average Bonchev–Trinajstić information content (AvgIpc) is 3.83. The number of amides is 5. The standard InChI is InChI=1S/C44H56F2N6O9S.C2HF3O2/c1-44(2,3)42(36-24-31(33-25-32(45)10-11-34(33)46)27-50(36)26-30-8-5-4-6-9-30)52(18-7-16-47)41(57)29-62-28-35(43(58)59)49-38(54)15-20-60-22-23-61-21-17-48-37(53)14-19-51-39(55)12-13-40(51)56;3-2(4,5)1(6)7/h4-6,8-13,24-25,27,35,42H,7,14-23,26,28-29,47H2,1-3H3,(H,48,53)(H,49,54)(H,58,59);(H,6,7). The minimum Gasteiger partial charge on any atom is -0.480 e.